The molecule has 0 saturated heterocycles. The molecule has 0 aliphatic carbocycles. The molecule has 56 valence electrons. The summed E-state index contributed by atoms with van der Waals surface area (Å²) in [6.45, 7) is -3.22. The Hall–Kier alpha value is 0.490. The van der Waals surface area contributed by atoms with Crippen molar-refractivity contribution < 1.29 is 14.9 Å². The number of nitrogens with one attached hydrogen (secondary N) is 1. The summed E-state index contributed by atoms with van der Waals surface area (Å²) >= 11 is 4.25. The summed E-state index contributed by atoms with van der Waals surface area (Å²) in [6.07, 6.45) is -1.08. The van der Waals surface area contributed by atoms with Crippen LogP contribution in [0.4, 0.5) is 0 Å². The molecule has 6 heteroatoms. The highest BCUT2D eigenvalue weighted by Gasteiger charge is 2.12. The quantitative estimate of drug-likeness (QED) is 0.318. The molecule has 1 atom stereocenters. The van der Waals surface area contributed by atoms with Crippen molar-refractivity contribution in [2.75, 3.05) is 13.2 Å². The van der Waals surface area contributed by atoms with E-state index in [0.717, 1.165) is 0 Å². The molecule has 0 rings (SSSR count). The number of aliphatic hydroxyl groups excluding tert-OH is 1. The summed E-state index contributed by atoms with van der Waals surface area (Å²) in [6, 6.07) is 0. The molecular formula is C3H10NO3PS. The minimum Gasteiger partial charge on any atom is -0.378 e. The van der Waals surface area contributed by atoms with Gasteiger partial charge >= 0.3 is 0 Å². The van der Waals surface area contributed by atoms with E-state index >= 15 is 0 Å². The Morgan fingerprint density at radius 2 is 2.11 bits per heavy atom. The Morgan fingerprint density at radius 3 is 2.22 bits per heavy atom. The summed E-state index contributed by atoms with van der Waals surface area (Å²) in [4.78, 5) is 17.2. The Morgan fingerprint density at radius 1 is 1.67 bits per heavy atom. The van der Waals surface area contributed by atoms with Crippen molar-refractivity contribution in [2.45, 2.75) is 6.23 Å². The molecule has 0 aromatic carbocycles. The van der Waals surface area contributed by atoms with E-state index in [1.807, 2.05) is 0 Å². The van der Waals surface area contributed by atoms with E-state index in [0.29, 0.717) is 0 Å². The van der Waals surface area contributed by atoms with Gasteiger partial charge in [-0.05, 0) is 18.9 Å². The first-order valence-electron chi connectivity index (χ1n) is 2.35. The minimum atomic E-state index is -3.22. The fraction of sp³-hybridized carbons (Fsp3) is 1.00. The third kappa shape index (κ3) is 6.37. The number of hydrogen-bond donors (Lipinski definition) is 4. The highest BCUT2D eigenvalue weighted by Crippen LogP contribution is 2.34. The number of aliphatic hydroxyl groups is 1. The fourth-order valence-electron chi connectivity index (χ4n) is 0.317. The maximum Gasteiger partial charge on any atom is 0.187 e. The first kappa shape index (κ1) is 9.49. The lowest BCUT2D eigenvalue weighted by atomic mass is 10.7. The molecule has 0 aliphatic rings. The van der Waals surface area contributed by atoms with E-state index in [2.05, 4.69) is 17.1 Å². The van der Waals surface area contributed by atoms with Crippen LogP contribution in [0.1, 0.15) is 0 Å². The Labute approximate surface area is 58.7 Å². The van der Waals surface area contributed by atoms with Crippen LogP contribution in [-0.2, 0) is 11.8 Å². The monoisotopic (exact) mass is 171 g/mol. The van der Waals surface area contributed by atoms with Crippen molar-refractivity contribution in [1.29, 1.82) is 0 Å². The summed E-state index contributed by atoms with van der Waals surface area (Å²) < 4.78 is 0. The SMILES string of the molecule is CNC(O)CP(O)(O)=S. The molecule has 0 fully saturated rings. The van der Waals surface area contributed by atoms with Crippen LogP contribution in [0.15, 0.2) is 0 Å². The predicted octanol–water partition coefficient (Wildman–Crippen LogP) is -1.18. The second-order valence-corrected chi connectivity index (χ2v) is 5.10. The van der Waals surface area contributed by atoms with E-state index in [9.17, 15) is 0 Å². The number of rotatable bonds is 3. The van der Waals surface area contributed by atoms with E-state index in [1.54, 1.807) is 0 Å². The molecule has 0 saturated carbocycles. The van der Waals surface area contributed by atoms with E-state index < -0.39 is 12.7 Å². The topological polar surface area (TPSA) is 72.7 Å². The van der Waals surface area contributed by atoms with Gasteiger partial charge in [-0.15, -0.1) is 0 Å². The minimum absolute atomic E-state index is 0.168. The van der Waals surface area contributed by atoms with E-state index in [1.165, 1.54) is 7.05 Å². The number of hydrogen-bond acceptors (Lipinski definition) is 3. The maximum atomic E-state index is 8.72. The zero-order valence-corrected chi connectivity index (χ0v) is 6.69. The average Bonchev–Trinajstić information content (AvgIpc) is 1.62. The first-order valence-corrected chi connectivity index (χ1v) is 5.25. The zero-order valence-electron chi connectivity index (χ0n) is 4.98. The molecule has 0 aromatic heterocycles. The lowest BCUT2D eigenvalue weighted by molar-refractivity contribution is 0.166. The lowest BCUT2D eigenvalue weighted by Gasteiger charge is -2.11. The van der Waals surface area contributed by atoms with Gasteiger partial charge < -0.3 is 14.9 Å². The van der Waals surface area contributed by atoms with Crippen LogP contribution in [0, 0.1) is 0 Å². The van der Waals surface area contributed by atoms with Crippen LogP contribution in [0.2, 0.25) is 0 Å². The molecule has 1 unspecified atom stereocenters. The van der Waals surface area contributed by atoms with Crippen molar-refractivity contribution in [1.82, 2.24) is 5.32 Å². The summed E-state index contributed by atoms with van der Waals surface area (Å²) in [5, 5.41) is 11.1. The van der Waals surface area contributed by atoms with Crippen molar-refractivity contribution in [3.63, 3.8) is 0 Å². The molecule has 0 radical (unpaired) electrons. The van der Waals surface area contributed by atoms with Crippen LogP contribution in [0.5, 0.6) is 0 Å². The second kappa shape index (κ2) is 3.61. The van der Waals surface area contributed by atoms with Gasteiger partial charge in [0.25, 0.3) is 0 Å². The smallest absolute Gasteiger partial charge is 0.187 e. The Bertz CT molecular complexity index is 124. The van der Waals surface area contributed by atoms with Crippen LogP contribution >= 0.6 is 6.49 Å². The Balaban J connectivity index is 3.60. The van der Waals surface area contributed by atoms with E-state index in [4.69, 9.17) is 14.9 Å². The largest absolute Gasteiger partial charge is 0.378 e. The van der Waals surface area contributed by atoms with Crippen LogP contribution in [0.25, 0.3) is 0 Å². The zero-order chi connectivity index (χ0) is 7.49. The fourth-order valence-corrected chi connectivity index (χ4v) is 1.37. The van der Waals surface area contributed by atoms with Crippen LogP contribution < -0.4 is 5.32 Å². The third-order valence-electron chi connectivity index (χ3n) is 0.744. The van der Waals surface area contributed by atoms with Gasteiger partial charge in [0, 0.05) is 0 Å². The first-order chi connectivity index (χ1) is 3.95. The van der Waals surface area contributed by atoms with Gasteiger partial charge in [0.05, 0.1) is 6.16 Å². The second-order valence-electron chi connectivity index (χ2n) is 1.65. The molecule has 0 spiro atoms. The highest BCUT2D eigenvalue weighted by molar-refractivity contribution is 8.09. The lowest BCUT2D eigenvalue weighted by Crippen LogP contribution is -2.28. The Kier molecular flexibility index (Phi) is 3.80. The van der Waals surface area contributed by atoms with Gasteiger partial charge in [-0.25, -0.2) is 0 Å². The van der Waals surface area contributed by atoms with Gasteiger partial charge in [0.15, 0.2) is 6.49 Å². The van der Waals surface area contributed by atoms with Gasteiger partial charge in [-0.1, -0.05) is 0 Å². The van der Waals surface area contributed by atoms with Crippen molar-refractivity contribution in [2.24, 2.45) is 0 Å². The molecule has 0 aromatic rings. The van der Waals surface area contributed by atoms with Crippen LogP contribution in [0.3, 0.4) is 0 Å². The van der Waals surface area contributed by atoms with Gasteiger partial charge in [0.2, 0.25) is 0 Å². The van der Waals surface area contributed by atoms with Crippen molar-refractivity contribution in [3.05, 3.63) is 0 Å². The molecule has 0 aliphatic heterocycles. The average molecular weight is 171 g/mol. The molecule has 0 bridgehead atoms. The van der Waals surface area contributed by atoms with Crippen molar-refractivity contribution in [3.8, 4) is 0 Å². The molecule has 0 amide bonds. The third-order valence-corrected chi connectivity index (χ3v) is 2.01. The van der Waals surface area contributed by atoms with Gasteiger partial charge in [-0.3, -0.25) is 5.32 Å². The van der Waals surface area contributed by atoms with Gasteiger partial charge in [-0.2, -0.15) is 0 Å². The van der Waals surface area contributed by atoms with Crippen molar-refractivity contribution >= 4 is 18.3 Å². The molecule has 4 nitrogen and oxygen atoms in total. The summed E-state index contributed by atoms with van der Waals surface area (Å²) in [7, 11) is 1.51. The summed E-state index contributed by atoms with van der Waals surface area (Å²) in [5.41, 5.74) is 0. The molecule has 9 heavy (non-hydrogen) atoms. The normalized spacial score (nSPS) is 15.6. The highest BCUT2D eigenvalue weighted by atomic mass is 32.5. The van der Waals surface area contributed by atoms with Gasteiger partial charge in [0.1, 0.15) is 6.23 Å². The maximum absolute atomic E-state index is 8.72. The standard InChI is InChI=1S/C3H10NO3PS/c1-4-3(5)2-8(6,7)9/h3-5H,2H2,1H3,(H2,6,7,9). The molecule has 0 heterocycles. The summed E-state index contributed by atoms with van der Waals surface area (Å²) in [5.74, 6) is 0. The van der Waals surface area contributed by atoms with E-state index in [-0.39, 0.29) is 6.16 Å². The van der Waals surface area contributed by atoms with Crippen LogP contribution in [-0.4, -0.2) is 34.3 Å². The predicted molar refractivity (Wildman–Crippen MR) is 38.7 cm³/mol. The molecule has 4 N–H and O–H groups in total. The molecular weight excluding hydrogens is 161 g/mol.